The number of pyridine rings is 1. The number of aromatic nitrogens is 7. The van der Waals surface area contributed by atoms with Gasteiger partial charge in [-0.15, -0.1) is 10.2 Å². The summed E-state index contributed by atoms with van der Waals surface area (Å²) in [6.07, 6.45) is -2.89. The van der Waals surface area contributed by atoms with Crippen LogP contribution in [0.5, 0.6) is 0 Å². The third-order valence-electron chi connectivity index (χ3n) is 5.15. The van der Waals surface area contributed by atoms with Crippen LogP contribution >= 0.6 is 23.2 Å². The Morgan fingerprint density at radius 2 is 1.87 bits per heavy atom. The van der Waals surface area contributed by atoms with Crippen LogP contribution in [-0.2, 0) is 17.9 Å². The van der Waals surface area contributed by atoms with Gasteiger partial charge in [-0.05, 0) is 36.4 Å². The SMILES string of the molecule is N#CCC(=O)NC(Cn1c(-c2ccc(Cl)cc2)nn(Cc2ncn(-c3ncccc3Cl)n2)c1=O)C(F)(F)F. The molecule has 196 valence electrons. The summed E-state index contributed by atoms with van der Waals surface area (Å²) in [7, 11) is 0. The number of nitrogens with zero attached hydrogens (tertiary/aromatic N) is 8. The fraction of sp³-hybridized carbons (Fsp3) is 0.227. The number of nitrogens with one attached hydrogen (secondary N) is 1. The molecule has 0 aliphatic rings. The molecule has 0 saturated heterocycles. The summed E-state index contributed by atoms with van der Waals surface area (Å²) in [5, 5.41) is 19.5. The Morgan fingerprint density at radius 1 is 1.13 bits per heavy atom. The zero-order valence-corrected chi connectivity index (χ0v) is 20.6. The van der Waals surface area contributed by atoms with E-state index in [1.807, 2.05) is 0 Å². The Labute approximate surface area is 222 Å². The highest BCUT2D eigenvalue weighted by Crippen LogP contribution is 2.24. The van der Waals surface area contributed by atoms with E-state index in [-0.39, 0.29) is 24.0 Å². The van der Waals surface area contributed by atoms with Gasteiger partial charge in [0.05, 0.1) is 17.6 Å². The zero-order chi connectivity index (χ0) is 27.4. The van der Waals surface area contributed by atoms with Crippen molar-refractivity contribution < 1.29 is 18.0 Å². The highest BCUT2D eigenvalue weighted by molar-refractivity contribution is 6.32. The van der Waals surface area contributed by atoms with Gasteiger partial charge in [0.1, 0.15) is 25.3 Å². The van der Waals surface area contributed by atoms with E-state index >= 15 is 0 Å². The number of nitriles is 1. The van der Waals surface area contributed by atoms with Gasteiger partial charge >= 0.3 is 11.9 Å². The molecule has 0 aliphatic heterocycles. The molecule has 1 amide bonds. The number of benzene rings is 1. The molecule has 4 rings (SSSR count). The van der Waals surface area contributed by atoms with Gasteiger partial charge in [0, 0.05) is 16.8 Å². The first-order chi connectivity index (χ1) is 18.1. The van der Waals surface area contributed by atoms with Crippen LogP contribution in [0.2, 0.25) is 10.0 Å². The van der Waals surface area contributed by atoms with Gasteiger partial charge in [0.15, 0.2) is 17.5 Å². The smallest absolute Gasteiger partial charge is 0.342 e. The van der Waals surface area contributed by atoms with E-state index in [9.17, 15) is 22.8 Å². The number of carbonyl (C=O) groups is 1. The molecule has 0 spiro atoms. The maximum absolute atomic E-state index is 13.8. The van der Waals surface area contributed by atoms with Crippen molar-refractivity contribution in [2.75, 3.05) is 0 Å². The quantitative estimate of drug-likeness (QED) is 0.346. The molecule has 0 saturated carbocycles. The van der Waals surface area contributed by atoms with Crippen molar-refractivity contribution >= 4 is 29.1 Å². The van der Waals surface area contributed by atoms with Crippen molar-refractivity contribution in [2.45, 2.75) is 31.7 Å². The second kappa shape index (κ2) is 11.0. The molecule has 1 unspecified atom stereocenters. The van der Waals surface area contributed by atoms with E-state index in [4.69, 9.17) is 28.5 Å². The van der Waals surface area contributed by atoms with Crippen molar-refractivity contribution in [3.05, 3.63) is 75.3 Å². The Hall–Kier alpha value is -4.22. The lowest BCUT2D eigenvalue weighted by Gasteiger charge is -2.21. The van der Waals surface area contributed by atoms with Crippen LogP contribution in [0.15, 0.2) is 53.7 Å². The standard InChI is InChI=1S/C22H16Cl2F3N9O2/c23-14-5-3-13(4-6-14)19-33-35(11-17-30-12-36(32-17)20-15(24)2-1-9-29-20)21(38)34(19)10-16(22(25,26)27)31-18(37)7-8-28/h1-6,9,12,16H,7,10-11H2,(H,31,37). The Bertz CT molecular complexity index is 1560. The van der Waals surface area contributed by atoms with Crippen molar-refractivity contribution in [3.63, 3.8) is 0 Å². The Morgan fingerprint density at radius 3 is 2.53 bits per heavy atom. The molecule has 3 aromatic heterocycles. The maximum atomic E-state index is 13.8. The summed E-state index contributed by atoms with van der Waals surface area (Å²) in [4.78, 5) is 33.2. The molecule has 1 atom stereocenters. The average molecular weight is 566 g/mol. The monoisotopic (exact) mass is 565 g/mol. The second-order valence-electron chi connectivity index (χ2n) is 7.79. The molecule has 0 fully saturated rings. The van der Waals surface area contributed by atoms with E-state index in [0.29, 0.717) is 15.6 Å². The fourth-order valence-electron chi connectivity index (χ4n) is 3.40. The van der Waals surface area contributed by atoms with Crippen LogP contribution in [0.1, 0.15) is 12.2 Å². The highest BCUT2D eigenvalue weighted by atomic mass is 35.5. The molecule has 0 aliphatic carbocycles. The van der Waals surface area contributed by atoms with Crippen LogP contribution in [0.25, 0.3) is 17.2 Å². The minimum Gasteiger partial charge on any atom is -0.342 e. The van der Waals surface area contributed by atoms with Gasteiger partial charge in [-0.1, -0.05) is 23.2 Å². The minimum atomic E-state index is -4.92. The van der Waals surface area contributed by atoms with Crippen molar-refractivity contribution in [1.29, 1.82) is 5.26 Å². The van der Waals surface area contributed by atoms with E-state index < -0.39 is 36.8 Å². The van der Waals surface area contributed by atoms with Crippen LogP contribution < -0.4 is 11.0 Å². The zero-order valence-electron chi connectivity index (χ0n) is 19.1. The number of hydrogen-bond acceptors (Lipinski definition) is 7. The number of hydrogen-bond donors (Lipinski definition) is 1. The third-order valence-corrected chi connectivity index (χ3v) is 5.69. The molecule has 38 heavy (non-hydrogen) atoms. The molecule has 11 nitrogen and oxygen atoms in total. The van der Waals surface area contributed by atoms with Crippen molar-refractivity contribution in [1.82, 2.24) is 39.4 Å². The topological polar surface area (TPSA) is 136 Å². The third kappa shape index (κ3) is 6.01. The molecule has 3 heterocycles. The average Bonchev–Trinajstić information content (AvgIpc) is 3.44. The minimum absolute atomic E-state index is 0.107. The van der Waals surface area contributed by atoms with Crippen LogP contribution in [0, 0.1) is 11.3 Å². The lowest BCUT2D eigenvalue weighted by molar-refractivity contribution is -0.164. The van der Waals surface area contributed by atoms with Gasteiger partial charge in [-0.25, -0.2) is 24.1 Å². The van der Waals surface area contributed by atoms with Crippen molar-refractivity contribution in [2.24, 2.45) is 0 Å². The summed E-state index contributed by atoms with van der Waals surface area (Å²) >= 11 is 12.1. The predicted molar refractivity (Wildman–Crippen MR) is 128 cm³/mol. The van der Waals surface area contributed by atoms with E-state index in [2.05, 4.69) is 20.2 Å². The molecule has 1 N–H and O–H groups in total. The van der Waals surface area contributed by atoms with Crippen LogP contribution in [0.4, 0.5) is 13.2 Å². The van der Waals surface area contributed by atoms with Crippen LogP contribution in [-0.4, -0.2) is 52.2 Å². The van der Waals surface area contributed by atoms with Crippen LogP contribution in [0.3, 0.4) is 0 Å². The first-order valence-corrected chi connectivity index (χ1v) is 11.5. The molecular weight excluding hydrogens is 550 g/mol. The van der Waals surface area contributed by atoms with Gasteiger partial charge in [-0.3, -0.25) is 9.36 Å². The molecular formula is C22H16Cl2F3N9O2. The van der Waals surface area contributed by atoms with E-state index in [0.717, 1.165) is 9.25 Å². The predicted octanol–water partition coefficient (Wildman–Crippen LogP) is 3.00. The largest absolute Gasteiger partial charge is 0.410 e. The summed E-state index contributed by atoms with van der Waals surface area (Å²) in [6, 6.07) is 8.19. The number of amides is 1. The van der Waals surface area contributed by atoms with Gasteiger partial charge in [0.25, 0.3) is 0 Å². The van der Waals surface area contributed by atoms with Gasteiger partial charge in [-0.2, -0.15) is 18.4 Å². The van der Waals surface area contributed by atoms with E-state index in [1.54, 1.807) is 17.4 Å². The molecule has 0 radical (unpaired) electrons. The summed E-state index contributed by atoms with van der Waals surface area (Å²) in [6.45, 7) is -1.29. The lowest BCUT2D eigenvalue weighted by atomic mass is 10.2. The van der Waals surface area contributed by atoms with E-state index in [1.165, 1.54) is 47.5 Å². The molecule has 4 aromatic rings. The molecule has 16 heteroatoms. The first-order valence-electron chi connectivity index (χ1n) is 10.7. The summed E-state index contributed by atoms with van der Waals surface area (Å²) in [5.74, 6) is -0.849. The Balaban J connectivity index is 1.72. The normalized spacial score (nSPS) is 12.2. The maximum Gasteiger partial charge on any atom is 0.410 e. The molecule has 0 bridgehead atoms. The Kier molecular flexibility index (Phi) is 7.79. The lowest BCUT2D eigenvalue weighted by Crippen LogP contribution is -2.49. The fourth-order valence-corrected chi connectivity index (χ4v) is 3.74. The highest BCUT2D eigenvalue weighted by Gasteiger charge is 2.42. The molecule has 1 aromatic carbocycles. The van der Waals surface area contributed by atoms with Crippen molar-refractivity contribution in [3.8, 4) is 23.3 Å². The number of halogens is 5. The second-order valence-corrected chi connectivity index (χ2v) is 8.64. The first kappa shape index (κ1) is 26.8. The van der Waals surface area contributed by atoms with Gasteiger partial charge in [0.2, 0.25) is 5.91 Å². The van der Waals surface area contributed by atoms with Gasteiger partial charge < -0.3 is 5.32 Å². The number of carbonyl (C=O) groups excluding carboxylic acids is 1. The number of rotatable bonds is 8. The summed E-state index contributed by atoms with van der Waals surface area (Å²) < 4.78 is 44.3. The summed E-state index contributed by atoms with van der Waals surface area (Å²) in [5.41, 5.74) is -0.612. The number of alkyl halides is 3.